The molecule has 0 radical (unpaired) electrons. The minimum Gasteiger partial charge on any atom is -0.311 e. The number of rotatable bonds is 8. The smallest absolute Gasteiger partial charge is 0.252 e. The predicted octanol–water partition coefficient (Wildman–Crippen LogP) is 22.0. The molecule has 4 heteroatoms. The fourth-order valence-electron chi connectivity index (χ4n) is 15.6. The molecule has 2 aliphatic heterocycles. The minimum absolute atomic E-state index is 0.115. The van der Waals surface area contributed by atoms with E-state index in [1.54, 1.807) is 0 Å². The fourth-order valence-corrected chi connectivity index (χ4v) is 15.6. The topological polar surface area (TPSA) is 9.72 Å². The average molecular weight is 1170 g/mol. The van der Waals surface area contributed by atoms with Gasteiger partial charge in [-0.25, -0.2) is 0 Å². The number of para-hydroxylation sites is 2. The van der Waals surface area contributed by atoms with E-state index in [2.05, 4.69) is 349 Å². The molecule has 14 aromatic rings. The molecule has 0 aromatic heterocycles. The van der Waals surface area contributed by atoms with E-state index in [1.165, 1.54) is 105 Å². The average Bonchev–Trinajstić information content (AvgIpc) is 1.72. The standard InChI is InChI=1S/C87H70BN3/c1-85(2,3)63-39-45-77(70(51-63)62-47-59-37-35-57-27-22-28-58-36-38-60(48-62)83(59)82(57)58)90-78-46-40-64(86(4,5)6)52-75(78)88-74-44-42-67(89(65-29-16-11-17-30-65)66-41-43-73-71(53-66)69-32-18-20-33-72(69)87(73,7)8)54-79(74)91(76-34-21-19-31-68(76)56-25-14-10-15-26-56)81-50-61(49-80(90)84(81)88)55-23-12-9-13-24-55/h9-54H,1-8H3. The van der Waals surface area contributed by atoms with Crippen molar-refractivity contribution < 1.29 is 0 Å². The second kappa shape index (κ2) is 20.3. The van der Waals surface area contributed by atoms with Gasteiger partial charge in [-0.3, -0.25) is 0 Å². The molecule has 0 spiro atoms. The quantitative estimate of drug-likeness (QED) is 0.111. The van der Waals surface area contributed by atoms with Gasteiger partial charge in [-0.2, -0.15) is 0 Å². The highest BCUT2D eigenvalue weighted by atomic mass is 15.2. The Labute approximate surface area is 535 Å². The maximum Gasteiger partial charge on any atom is 0.252 e. The van der Waals surface area contributed by atoms with Crippen LogP contribution in [-0.2, 0) is 16.2 Å². The van der Waals surface area contributed by atoms with Gasteiger partial charge >= 0.3 is 0 Å². The maximum atomic E-state index is 2.65. The van der Waals surface area contributed by atoms with Crippen LogP contribution < -0.4 is 31.1 Å². The van der Waals surface area contributed by atoms with Crippen molar-refractivity contribution in [3.8, 4) is 44.5 Å². The van der Waals surface area contributed by atoms with E-state index in [1.807, 2.05) is 0 Å². The van der Waals surface area contributed by atoms with Crippen LogP contribution in [0.15, 0.2) is 279 Å². The van der Waals surface area contributed by atoms with Gasteiger partial charge in [0.1, 0.15) is 0 Å². The maximum absolute atomic E-state index is 2.65. The molecule has 2 heterocycles. The van der Waals surface area contributed by atoms with Crippen LogP contribution in [0.1, 0.15) is 77.6 Å². The Balaban J connectivity index is 0.966. The third-order valence-corrected chi connectivity index (χ3v) is 20.2. The molecular formula is C87H70BN3. The van der Waals surface area contributed by atoms with Crippen LogP contribution in [0, 0.1) is 0 Å². The highest BCUT2D eigenvalue weighted by molar-refractivity contribution is 7.00. The zero-order valence-corrected chi connectivity index (χ0v) is 53.0. The lowest BCUT2D eigenvalue weighted by Gasteiger charge is -2.46. The Morgan fingerprint density at radius 2 is 0.835 bits per heavy atom. The lowest BCUT2D eigenvalue weighted by Crippen LogP contribution is -2.61. The summed E-state index contributed by atoms with van der Waals surface area (Å²) in [6, 6.07) is 106. The molecule has 0 amide bonds. The van der Waals surface area contributed by atoms with Crippen LogP contribution in [0.25, 0.3) is 76.8 Å². The normalized spacial score (nSPS) is 13.7. The van der Waals surface area contributed by atoms with Gasteiger partial charge in [0.15, 0.2) is 0 Å². The zero-order chi connectivity index (χ0) is 61.7. The molecule has 0 unspecified atom stereocenters. The molecule has 0 saturated carbocycles. The van der Waals surface area contributed by atoms with Gasteiger partial charge in [0.25, 0.3) is 6.71 Å². The van der Waals surface area contributed by atoms with Crippen molar-refractivity contribution >= 4 is 107 Å². The Hall–Kier alpha value is -10.4. The van der Waals surface area contributed by atoms with Crippen LogP contribution in [-0.4, -0.2) is 6.71 Å². The van der Waals surface area contributed by atoms with Crippen molar-refractivity contribution in [3.05, 3.63) is 301 Å². The van der Waals surface area contributed by atoms with Crippen LogP contribution in [0.3, 0.4) is 0 Å². The van der Waals surface area contributed by atoms with Crippen LogP contribution >= 0.6 is 0 Å². The van der Waals surface area contributed by atoms with E-state index in [9.17, 15) is 0 Å². The van der Waals surface area contributed by atoms with Gasteiger partial charge in [-0.15, -0.1) is 0 Å². The summed E-state index contributed by atoms with van der Waals surface area (Å²) >= 11 is 0. The predicted molar refractivity (Wildman–Crippen MR) is 390 cm³/mol. The molecule has 0 atom stereocenters. The summed E-state index contributed by atoms with van der Waals surface area (Å²) < 4.78 is 0. The third kappa shape index (κ3) is 8.63. The first-order valence-electron chi connectivity index (χ1n) is 32.3. The van der Waals surface area contributed by atoms with E-state index in [0.29, 0.717) is 0 Å². The van der Waals surface area contributed by atoms with Gasteiger partial charge in [0.2, 0.25) is 0 Å². The van der Waals surface area contributed by atoms with E-state index in [0.717, 1.165) is 62.1 Å². The van der Waals surface area contributed by atoms with Crippen molar-refractivity contribution in [3.63, 3.8) is 0 Å². The van der Waals surface area contributed by atoms with E-state index in [-0.39, 0.29) is 23.0 Å². The monoisotopic (exact) mass is 1170 g/mol. The highest BCUT2D eigenvalue weighted by Crippen LogP contribution is 2.54. The van der Waals surface area contributed by atoms with Crippen LogP contribution in [0.5, 0.6) is 0 Å². The molecule has 0 fully saturated rings. The van der Waals surface area contributed by atoms with Crippen molar-refractivity contribution in [1.82, 2.24) is 0 Å². The number of nitrogens with zero attached hydrogens (tertiary/aromatic N) is 3. The summed E-state index contributed by atoms with van der Waals surface area (Å²) in [5, 5.41) is 7.71. The Bertz CT molecular complexity index is 5180. The Kier molecular flexibility index (Phi) is 12.2. The Morgan fingerprint density at radius 1 is 0.308 bits per heavy atom. The second-order valence-corrected chi connectivity index (χ2v) is 28.1. The molecule has 3 aliphatic rings. The first-order valence-corrected chi connectivity index (χ1v) is 32.3. The first-order chi connectivity index (χ1) is 44.2. The Morgan fingerprint density at radius 3 is 1.52 bits per heavy atom. The van der Waals surface area contributed by atoms with E-state index in [4.69, 9.17) is 0 Å². The summed E-state index contributed by atoms with van der Waals surface area (Å²) in [6.45, 7) is 18.7. The molecule has 1 aliphatic carbocycles. The molecule has 436 valence electrons. The molecule has 0 saturated heterocycles. The zero-order valence-electron chi connectivity index (χ0n) is 53.0. The van der Waals surface area contributed by atoms with Crippen LogP contribution in [0.4, 0.5) is 51.2 Å². The van der Waals surface area contributed by atoms with Crippen molar-refractivity contribution in [2.75, 3.05) is 14.7 Å². The van der Waals surface area contributed by atoms with Gasteiger partial charge in [-0.1, -0.05) is 250 Å². The highest BCUT2D eigenvalue weighted by Gasteiger charge is 2.46. The molecule has 0 bridgehead atoms. The van der Waals surface area contributed by atoms with Crippen molar-refractivity contribution in [2.45, 2.75) is 71.6 Å². The van der Waals surface area contributed by atoms with Crippen LogP contribution in [0.2, 0.25) is 0 Å². The van der Waals surface area contributed by atoms with E-state index >= 15 is 0 Å². The lowest BCUT2D eigenvalue weighted by molar-refractivity contribution is 0.590. The SMILES string of the molecule is CC(C)(C)c1ccc2c(c1)B1c3ccc(N(c4ccccc4)c4ccc5c(c4)-c4ccccc4C5(C)C)cc3N(c3ccccc3-c3ccccc3)c3cc(-c4ccccc4)cc(c31)N2c1ccc(C(C)(C)C)cc1-c1cc2ccc3cccc4ccc(c1)c2c34. The van der Waals surface area contributed by atoms with Gasteiger partial charge in [-0.05, 0) is 200 Å². The number of hydrogen-bond acceptors (Lipinski definition) is 3. The minimum atomic E-state index is -0.147. The summed E-state index contributed by atoms with van der Waals surface area (Å²) in [7, 11) is 0. The molecule has 17 rings (SSSR count). The molecule has 14 aromatic carbocycles. The van der Waals surface area contributed by atoms with Gasteiger partial charge in [0, 0.05) is 56.4 Å². The third-order valence-electron chi connectivity index (χ3n) is 20.2. The summed E-state index contributed by atoms with van der Waals surface area (Å²) in [6.07, 6.45) is 0. The second-order valence-electron chi connectivity index (χ2n) is 28.1. The van der Waals surface area contributed by atoms with Crippen molar-refractivity contribution in [2.24, 2.45) is 0 Å². The van der Waals surface area contributed by atoms with E-state index < -0.39 is 0 Å². The number of benzene rings is 14. The van der Waals surface area contributed by atoms with Gasteiger partial charge in [0.05, 0.1) is 11.4 Å². The largest absolute Gasteiger partial charge is 0.311 e. The summed E-state index contributed by atoms with van der Waals surface area (Å²) in [5.74, 6) is 0. The number of fused-ring (bicyclic) bond motifs is 7. The molecule has 3 nitrogen and oxygen atoms in total. The molecule has 0 N–H and O–H groups in total. The molecule has 91 heavy (non-hydrogen) atoms. The van der Waals surface area contributed by atoms with Crippen molar-refractivity contribution in [1.29, 1.82) is 0 Å². The first kappa shape index (κ1) is 54.7. The number of anilines is 9. The summed E-state index contributed by atoms with van der Waals surface area (Å²) in [5.41, 5.74) is 28.6. The fraction of sp³-hybridized carbons (Fsp3) is 0.126. The molecular weight excluding hydrogens is 1100 g/mol. The van der Waals surface area contributed by atoms with Gasteiger partial charge < -0.3 is 14.7 Å². The number of hydrogen-bond donors (Lipinski definition) is 0. The summed E-state index contributed by atoms with van der Waals surface area (Å²) in [4.78, 5) is 7.76. The lowest BCUT2D eigenvalue weighted by atomic mass is 9.33.